The fourth-order valence-corrected chi connectivity index (χ4v) is 5.36. The Labute approximate surface area is 202 Å². The number of rotatable bonds is 6. The maximum Gasteiger partial charge on any atom is 0.307 e. The van der Waals surface area contributed by atoms with Crippen molar-refractivity contribution in [3.05, 3.63) is 51.6 Å². The molecule has 1 atom stereocenters. The number of methoxy groups -OCH3 is 1. The minimum Gasteiger partial charge on any atom is -0.469 e. The standard InChI is InChI=1S/C24H27ClN4O3S/c1-14-15(2)33-24-21(14)22(26-13-27-24)29-10-8-17(9-11-29)23(31)28-19(12-20(30)32-3)16-4-6-18(25)7-5-16/h4-7,13,17,19H,8-12H2,1-3H3,(H,28,31). The molecule has 1 N–H and O–H groups in total. The second-order valence-corrected chi connectivity index (χ2v) is 9.95. The number of anilines is 1. The number of carbonyl (C=O) groups is 2. The van der Waals surface area contributed by atoms with Gasteiger partial charge < -0.3 is 15.0 Å². The number of hydrogen-bond donors (Lipinski definition) is 1. The van der Waals surface area contributed by atoms with Crippen LogP contribution in [-0.2, 0) is 14.3 Å². The number of esters is 1. The van der Waals surface area contributed by atoms with Gasteiger partial charge in [-0.15, -0.1) is 11.3 Å². The average molecular weight is 487 g/mol. The highest BCUT2D eigenvalue weighted by molar-refractivity contribution is 7.18. The molecule has 3 aromatic rings. The fourth-order valence-electron chi connectivity index (χ4n) is 4.24. The molecule has 1 aliphatic heterocycles. The number of carbonyl (C=O) groups excluding carboxylic acids is 2. The third kappa shape index (κ3) is 5.12. The van der Waals surface area contributed by atoms with E-state index in [0.717, 1.165) is 34.7 Å². The van der Waals surface area contributed by atoms with Crippen LogP contribution in [0.3, 0.4) is 0 Å². The quantitative estimate of drug-likeness (QED) is 0.512. The molecule has 1 unspecified atom stereocenters. The molecule has 0 spiro atoms. The van der Waals surface area contributed by atoms with Crippen molar-refractivity contribution in [1.29, 1.82) is 0 Å². The van der Waals surface area contributed by atoms with Gasteiger partial charge in [0.15, 0.2) is 0 Å². The van der Waals surface area contributed by atoms with E-state index < -0.39 is 6.04 Å². The molecule has 9 heteroatoms. The van der Waals surface area contributed by atoms with Gasteiger partial charge in [-0.25, -0.2) is 9.97 Å². The van der Waals surface area contributed by atoms with Crippen molar-refractivity contribution >= 4 is 50.8 Å². The van der Waals surface area contributed by atoms with Gasteiger partial charge in [0.2, 0.25) is 5.91 Å². The van der Waals surface area contributed by atoms with Crippen molar-refractivity contribution < 1.29 is 14.3 Å². The number of nitrogens with one attached hydrogen (secondary N) is 1. The lowest BCUT2D eigenvalue weighted by Gasteiger charge is -2.33. The molecule has 0 aliphatic carbocycles. The third-order valence-corrected chi connectivity index (χ3v) is 7.67. The van der Waals surface area contributed by atoms with Crippen LogP contribution in [0.25, 0.3) is 10.2 Å². The maximum absolute atomic E-state index is 13.1. The van der Waals surface area contributed by atoms with Gasteiger partial charge in [0.05, 0.1) is 25.0 Å². The number of fused-ring (bicyclic) bond motifs is 1. The van der Waals surface area contributed by atoms with E-state index in [1.165, 1.54) is 17.6 Å². The van der Waals surface area contributed by atoms with Crippen LogP contribution in [0.4, 0.5) is 5.82 Å². The van der Waals surface area contributed by atoms with Gasteiger partial charge in [-0.3, -0.25) is 9.59 Å². The zero-order valence-electron chi connectivity index (χ0n) is 18.9. The highest BCUT2D eigenvalue weighted by Crippen LogP contribution is 2.35. The summed E-state index contributed by atoms with van der Waals surface area (Å²) >= 11 is 7.68. The molecular weight excluding hydrogens is 460 g/mol. The van der Waals surface area contributed by atoms with Crippen LogP contribution in [0, 0.1) is 19.8 Å². The summed E-state index contributed by atoms with van der Waals surface area (Å²) in [6, 6.07) is 6.69. The number of aromatic nitrogens is 2. The van der Waals surface area contributed by atoms with Crippen LogP contribution in [0.5, 0.6) is 0 Å². The molecule has 1 aliphatic rings. The molecular formula is C24H27ClN4O3S. The van der Waals surface area contributed by atoms with Gasteiger partial charge in [0.25, 0.3) is 0 Å². The highest BCUT2D eigenvalue weighted by atomic mass is 35.5. The summed E-state index contributed by atoms with van der Waals surface area (Å²) in [5, 5.41) is 4.77. The van der Waals surface area contributed by atoms with Gasteiger partial charge in [-0.2, -0.15) is 0 Å². The summed E-state index contributed by atoms with van der Waals surface area (Å²) in [4.78, 5) is 38.5. The molecule has 3 heterocycles. The normalized spacial score (nSPS) is 15.5. The Morgan fingerprint density at radius 1 is 1.21 bits per heavy atom. The summed E-state index contributed by atoms with van der Waals surface area (Å²) in [6.45, 7) is 5.69. The molecule has 4 rings (SSSR count). The Hall–Kier alpha value is -2.71. The largest absolute Gasteiger partial charge is 0.469 e. The average Bonchev–Trinajstić information content (AvgIpc) is 3.12. The summed E-state index contributed by atoms with van der Waals surface area (Å²) in [7, 11) is 1.35. The molecule has 1 fully saturated rings. The van der Waals surface area contributed by atoms with Gasteiger partial charge in [0, 0.05) is 28.9 Å². The Morgan fingerprint density at radius 3 is 2.58 bits per heavy atom. The van der Waals surface area contributed by atoms with E-state index in [1.54, 1.807) is 29.8 Å². The van der Waals surface area contributed by atoms with E-state index >= 15 is 0 Å². The molecule has 1 aromatic carbocycles. The van der Waals surface area contributed by atoms with Crippen molar-refractivity contribution in [1.82, 2.24) is 15.3 Å². The second-order valence-electron chi connectivity index (χ2n) is 8.31. The lowest BCUT2D eigenvalue weighted by Crippen LogP contribution is -2.42. The monoisotopic (exact) mass is 486 g/mol. The summed E-state index contributed by atoms with van der Waals surface area (Å²) in [5.74, 6) is 0.398. The fraction of sp³-hybridized carbons (Fsp3) is 0.417. The van der Waals surface area contributed by atoms with E-state index in [9.17, 15) is 9.59 Å². The molecule has 1 amide bonds. The molecule has 1 saturated heterocycles. The van der Waals surface area contributed by atoms with Crippen LogP contribution in [-0.4, -0.2) is 42.0 Å². The predicted octanol–water partition coefficient (Wildman–Crippen LogP) is 4.60. The first-order chi connectivity index (χ1) is 15.9. The van der Waals surface area contributed by atoms with E-state index in [2.05, 4.69) is 34.0 Å². The van der Waals surface area contributed by atoms with Crippen LogP contribution in [0.2, 0.25) is 5.02 Å². The number of amides is 1. The zero-order valence-corrected chi connectivity index (χ0v) is 20.5. The van der Waals surface area contributed by atoms with Gasteiger partial charge >= 0.3 is 5.97 Å². The molecule has 0 bridgehead atoms. The van der Waals surface area contributed by atoms with Crippen molar-refractivity contribution in [3.8, 4) is 0 Å². The number of piperidine rings is 1. The second kappa shape index (κ2) is 10.1. The highest BCUT2D eigenvalue weighted by Gasteiger charge is 2.29. The number of ether oxygens (including phenoxy) is 1. The number of benzene rings is 1. The topological polar surface area (TPSA) is 84.4 Å². The van der Waals surface area contributed by atoms with E-state index in [4.69, 9.17) is 16.3 Å². The van der Waals surface area contributed by atoms with Crippen molar-refractivity contribution in [3.63, 3.8) is 0 Å². The van der Waals surface area contributed by atoms with Gasteiger partial charge in [0.1, 0.15) is 17.0 Å². The smallest absolute Gasteiger partial charge is 0.307 e. The summed E-state index contributed by atoms with van der Waals surface area (Å²) < 4.78 is 4.83. The Balaban J connectivity index is 1.44. The summed E-state index contributed by atoms with van der Waals surface area (Å²) in [5.41, 5.74) is 2.04. The Bertz CT molecular complexity index is 1160. The Morgan fingerprint density at radius 2 is 1.91 bits per heavy atom. The molecule has 7 nitrogen and oxygen atoms in total. The third-order valence-electron chi connectivity index (χ3n) is 6.30. The maximum atomic E-state index is 13.1. The number of halogens is 1. The lowest BCUT2D eigenvalue weighted by atomic mass is 9.94. The minimum absolute atomic E-state index is 0.0473. The van der Waals surface area contributed by atoms with E-state index in [1.807, 2.05) is 12.1 Å². The first kappa shape index (κ1) is 23.4. The molecule has 2 aromatic heterocycles. The van der Waals surface area contributed by atoms with E-state index in [-0.39, 0.29) is 24.2 Å². The first-order valence-electron chi connectivity index (χ1n) is 11.0. The van der Waals surface area contributed by atoms with Crippen LogP contribution < -0.4 is 10.2 Å². The van der Waals surface area contributed by atoms with Crippen LogP contribution >= 0.6 is 22.9 Å². The number of aryl methyl sites for hydroxylation is 2. The van der Waals surface area contributed by atoms with Crippen LogP contribution in [0.1, 0.15) is 41.3 Å². The lowest BCUT2D eigenvalue weighted by molar-refractivity contribution is -0.141. The minimum atomic E-state index is -0.460. The number of nitrogens with zero attached hydrogens (tertiary/aromatic N) is 3. The van der Waals surface area contributed by atoms with Gasteiger partial charge in [-0.05, 0) is 49.9 Å². The first-order valence-corrected chi connectivity index (χ1v) is 12.1. The predicted molar refractivity (Wildman–Crippen MR) is 131 cm³/mol. The zero-order chi connectivity index (χ0) is 23.5. The summed E-state index contributed by atoms with van der Waals surface area (Å²) in [6.07, 6.45) is 3.11. The number of hydrogen-bond acceptors (Lipinski definition) is 7. The van der Waals surface area contributed by atoms with Crippen molar-refractivity contribution in [2.75, 3.05) is 25.1 Å². The molecule has 0 saturated carbocycles. The Kier molecular flexibility index (Phi) is 7.14. The molecule has 0 radical (unpaired) electrons. The van der Waals surface area contributed by atoms with E-state index in [0.29, 0.717) is 17.9 Å². The SMILES string of the molecule is COC(=O)CC(NC(=O)C1CCN(c2ncnc3sc(C)c(C)c23)CC1)c1ccc(Cl)cc1. The van der Waals surface area contributed by atoms with Crippen molar-refractivity contribution in [2.24, 2.45) is 5.92 Å². The van der Waals surface area contributed by atoms with Crippen LogP contribution in [0.15, 0.2) is 30.6 Å². The molecule has 33 heavy (non-hydrogen) atoms. The number of thiophene rings is 1. The van der Waals surface area contributed by atoms with Gasteiger partial charge in [-0.1, -0.05) is 23.7 Å². The molecule has 174 valence electrons. The van der Waals surface area contributed by atoms with Crippen molar-refractivity contribution in [2.45, 2.75) is 39.2 Å².